The molecule has 1 saturated heterocycles. The second-order valence-electron chi connectivity index (χ2n) is 9.10. The largest absolute Gasteiger partial charge is 0.333 e. The van der Waals surface area contributed by atoms with Crippen LogP contribution in [0.5, 0.6) is 0 Å². The lowest BCUT2D eigenvalue weighted by Crippen LogP contribution is -2.47. The minimum absolute atomic E-state index is 0.0182. The van der Waals surface area contributed by atoms with E-state index in [0.29, 0.717) is 6.54 Å². The molecule has 1 amide bonds. The molecule has 0 saturated carbocycles. The summed E-state index contributed by atoms with van der Waals surface area (Å²) in [6.07, 6.45) is 1.03. The van der Waals surface area contributed by atoms with Gasteiger partial charge in [-0.25, -0.2) is 18.1 Å². The zero-order valence-corrected chi connectivity index (χ0v) is 17.8. The number of benzene rings is 2. The van der Waals surface area contributed by atoms with E-state index >= 15 is 0 Å². The van der Waals surface area contributed by atoms with Crippen molar-refractivity contribution >= 4 is 16.8 Å². The summed E-state index contributed by atoms with van der Waals surface area (Å²) in [5.74, 6) is -2.66. The molecular formula is C24H23F2N3O3. The molecule has 2 aliphatic rings. The highest BCUT2D eigenvalue weighted by atomic mass is 19.2. The molecule has 32 heavy (non-hydrogen) atoms. The number of aromatic nitrogens is 2. The molecule has 1 N–H and O–H groups in total. The van der Waals surface area contributed by atoms with Gasteiger partial charge in [0.25, 0.3) is 5.56 Å². The summed E-state index contributed by atoms with van der Waals surface area (Å²) in [6, 6.07) is 8.78. The van der Waals surface area contributed by atoms with Gasteiger partial charge >= 0.3 is 5.69 Å². The molecular weight excluding hydrogens is 416 g/mol. The van der Waals surface area contributed by atoms with Gasteiger partial charge in [-0.2, -0.15) is 0 Å². The van der Waals surface area contributed by atoms with Gasteiger partial charge < -0.3 is 9.88 Å². The summed E-state index contributed by atoms with van der Waals surface area (Å²) in [6.45, 7) is 4.27. The molecule has 1 aliphatic heterocycles. The maximum absolute atomic E-state index is 14.5. The molecule has 6 nitrogen and oxygen atoms in total. The zero-order valence-electron chi connectivity index (χ0n) is 17.8. The number of rotatable bonds is 4. The number of amides is 1. The summed E-state index contributed by atoms with van der Waals surface area (Å²) in [5.41, 5.74) is 0.426. The predicted octanol–water partition coefficient (Wildman–Crippen LogP) is 3.63. The molecule has 2 bridgehead atoms. The lowest BCUT2D eigenvalue weighted by molar-refractivity contribution is -0.136. The molecule has 2 aromatic carbocycles. The fraction of sp³-hybridized carbons (Fsp3) is 0.375. The average molecular weight is 439 g/mol. The van der Waals surface area contributed by atoms with Crippen molar-refractivity contribution < 1.29 is 13.6 Å². The molecule has 0 unspecified atom stereocenters. The zero-order chi connectivity index (χ0) is 22.7. The van der Waals surface area contributed by atoms with Crippen LogP contribution >= 0.6 is 0 Å². The van der Waals surface area contributed by atoms with Crippen LogP contribution in [0.25, 0.3) is 10.9 Å². The number of halogens is 2. The normalized spacial score (nSPS) is 20.2. The topological polar surface area (TPSA) is 75.2 Å². The molecule has 166 valence electrons. The van der Waals surface area contributed by atoms with Crippen LogP contribution in [0.4, 0.5) is 8.78 Å². The third kappa shape index (κ3) is 3.00. The molecule has 3 atom stereocenters. The molecule has 1 fully saturated rings. The minimum atomic E-state index is -1.33. The van der Waals surface area contributed by atoms with Gasteiger partial charge in [-0.05, 0) is 42.0 Å². The number of hydrogen-bond donors (Lipinski definition) is 1. The van der Waals surface area contributed by atoms with Crippen molar-refractivity contribution in [1.82, 2.24) is 14.5 Å². The first-order valence-corrected chi connectivity index (χ1v) is 10.8. The van der Waals surface area contributed by atoms with Crippen molar-refractivity contribution in [3.05, 3.63) is 80.0 Å². The number of nitrogens with zero attached hydrogens (tertiary/aromatic N) is 2. The van der Waals surface area contributed by atoms with Crippen LogP contribution in [0.3, 0.4) is 0 Å². The highest BCUT2D eigenvalue weighted by molar-refractivity contribution is 5.83. The predicted molar refractivity (Wildman–Crippen MR) is 115 cm³/mol. The Morgan fingerprint density at radius 3 is 2.56 bits per heavy atom. The van der Waals surface area contributed by atoms with Crippen molar-refractivity contribution in [2.75, 3.05) is 6.54 Å². The number of carbonyl (C=O) groups excluding carboxylic acids is 1. The van der Waals surface area contributed by atoms with Gasteiger partial charge in [0, 0.05) is 12.5 Å². The molecule has 3 aromatic rings. The summed E-state index contributed by atoms with van der Waals surface area (Å²) in [5, 5.41) is -0.556. The molecule has 1 aliphatic carbocycles. The molecule has 8 heteroatoms. The van der Waals surface area contributed by atoms with Crippen LogP contribution in [-0.4, -0.2) is 26.9 Å². The maximum Gasteiger partial charge on any atom is 0.329 e. The second-order valence-corrected chi connectivity index (χ2v) is 9.10. The fourth-order valence-corrected chi connectivity index (χ4v) is 5.28. The summed E-state index contributed by atoms with van der Waals surface area (Å²) in [4.78, 5) is 44.0. The van der Waals surface area contributed by atoms with Crippen LogP contribution in [0, 0.1) is 17.6 Å². The van der Waals surface area contributed by atoms with E-state index in [2.05, 4.69) is 11.1 Å². The first kappa shape index (κ1) is 20.6. The van der Waals surface area contributed by atoms with Crippen molar-refractivity contribution in [2.45, 2.75) is 44.7 Å². The van der Waals surface area contributed by atoms with Gasteiger partial charge in [0.15, 0.2) is 11.6 Å². The monoisotopic (exact) mass is 439 g/mol. The van der Waals surface area contributed by atoms with Crippen molar-refractivity contribution in [3.8, 4) is 0 Å². The molecule has 2 heterocycles. The minimum Gasteiger partial charge on any atom is -0.333 e. The smallest absolute Gasteiger partial charge is 0.329 e. The standard InChI is InChI=1S/C24H23F2N3O3/c1-12(2)9-19(22(30)28-11-13-10-18(28)15-6-4-3-5-14(13)15)29-23(31)20-17(27-24(29)32)8-7-16(25)21(20)26/h3-8,12-13,18-19H,9-11H2,1-2H3,(H,27,32)/t13-,18-,19-/m1/s1. The number of likely N-dealkylation sites (tertiary alicyclic amines) is 1. The molecule has 0 spiro atoms. The van der Waals surface area contributed by atoms with E-state index < -0.39 is 34.3 Å². The summed E-state index contributed by atoms with van der Waals surface area (Å²) < 4.78 is 29.1. The summed E-state index contributed by atoms with van der Waals surface area (Å²) in [7, 11) is 0. The van der Waals surface area contributed by atoms with Gasteiger partial charge in [0.2, 0.25) is 5.91 Å². The highest BCUT2D eigenvalue weighted by Gasteiger charge is 2.46. The third-order valence-electron chi connectivity index (χ3n) is 6.66. The number of hydrogen-bond acceptors (Lipinski definition) is 3. The van der Waals surface area contributed by atoms with E-state index in [0.717, 1.165) is 28.7 Å². The Labute approximate surface area is 182 Å². The van der Waals surface area contributed by atoms with Gasteiger partial charge in [-0.3, -0.25) is 9.59 Å². The van der Waals surface area contributed by atoms with E-state index in [1.807, 2.05) is 32.0 Å². The van der Waals surface area contributed by atoms with Crippen LogP contribution in [0.2, 0.25) is 0 Å². The summed E-state index contributed by atoms with van der Waals surface area (Å²) >= 11 is 0. The van der Waals surface area contributed by atoms with E-state index in [1.165, 1.54) is 5.56 Å². The van der Waals surface area contributed by atoms with Gasteiger partial charge in [0.1, 0.15) is 11.4 Å². The van der Waals surface area contributed by atoms with Gasteiger partial charge in [0.05, 0.1) is 11.6 Å². The van der Waals surface area contributed by atoms with Gasteiger partial charge in [-0.15, -0.1) is 0 Å². The van der Waals surface area contributed by atoms with Crippen LogP contribution in [0.1, 0.15) is 55.8 Å². The number of aromatic amines is 1. The number of nitrogens with one attached hydrogen (secondary N) is 1. The Balaban J connectivity index is 1.62. The Morgan fingerprint density at radius 2 is 1.84 bits per heavy atom. The Bertz CT molecular complexity index is 1360. The number of carbonyl (C=O) groups is 1. The van der Waals surface area contributed by atoms with Crippen molar-refractivity contribution in [3.63, 3.8) is 0 Å². The van der Waals surface area contributed by atoms with E-state index in [4.69, 9.17) is 0 Å². The fourth-order valence-electron chi connectivity index (χ4n) is 5.28. The van der Waals surface area contributed by atoms with Crippen LogP contribution < -0.4 is 11.2 Å². The van der Waals surface area contributed by atoms with E-state index in [9.17, 15) is 23.2 Å². The first-order chi connectivity index (χ1) is 15.3. The third-order valence-corrected chi connectivity index (χ3v) is 6.66. The van der Waals surface area contributed by atoms with Crippen LogP contribution in [0.15, 0.2) is 46.0 Å². The Morgan fingerprint density at radius 1 is 1.12 bits per heavy atom. The molecule has 5 rings (SSSR count). The van der Waals surface area contributed by atoms with E-state index in [-0.39, 0.29) is 35.7 Å². The van der Waals surface area contributed by atoms with Crippen molar-refractivity contribution in [2.24, 2.45) is 5.92 Å². The van der Waals surface area contributed by atoms with Gasteiger partial charge in [-0.1, -0.05) is 38.1 Å². The first-order valence-electron chi connectivity index (χ1n) is 10.8. The van der Waals surface area contributed by atoms with E-state index in [1.54, 1.807) is 4.90 Å². The second kappa shape index (κ2) is 7.39. The number of H-pyrrole nitrogens is 1. The van der Waals surface area contributed by atoms with Crippen molar-refractivity contribution in [1.29, 1.82) is 0 Å². The van der Waals surface area contributed by atoms with Crippen LogP contribution in [-0.2, 0) is 4.79 Å². The average Bonchev–Trinajstić information content (AvgIpc) is 3.35. The molecule has 1 aromatic heterocycles. The highest BCUT2D eigenvalue weighted by Crippen LogP contribution is 2.50. The Hall–Kier alpha value is -3.29. The lowest BCUT2D eigenvalue weighted by Gasteiger charge is -2.33. The quantitative estimate of drug-likeness (QED) is 0.675. The Kier molecular flexibility index (Phi) is 4.76. The lowest BCUT2D eigenvalue weighted by atomic mass is 9.97. The maximum atomic E-state index is 14.5. The SMILES string of the molecule is CC(C)C[C@H](C(=O)N1C[C@H]2C[C@@H]1c1ccccc12)n1c(=O)[nH]c2ccc(F)c(F)c2c1=O. The molecule has 0 radical (unpaired) electrons. The number of fused-ring (bicyclic) bond motifs is 6.